The van der Waals surface area contributed by atoms with Crippen LogP contribution in [0.3, 0.4) is 0 Å². The summed E-state index contributed by atoms with van der Waals surface area (Å²) in [4.78, 5) is 36.2. The number of aromatic nitrogens is 4. The van der Waals surface area contributed by atoms with E-state index in [0.717, 1.165) is 16.1 Å². The van der Waals surface area contributed by atoms with E-state index in [1.54, 1.807) is 17.7 Å². The molecule has 9 heteroatoms. The van der Waals surface area contributed by atoms with Crippen LogP contribution in [0.2, 0.25) is 0 Å². The van der Waals surface area contributed by atoms with Gasteiger partial charge in [-0.15, -0.1) is 5.10 Å². The number of rotatable bonds is 4. The number of amides is 1. The monoisotopic (exact) mass is 361 g/mol. The summed E-state index contributed by atoms with van der Waals surface area (Å²) in [6.45, 7) is 5.34. The van der Waals surface area contributed by atoms with Crippen molar-refractivity contribution in [3.63, 3.8) is 0 Å². The first-order chi connectivity index (χ1) is 11.9. The number of hydrogen-bond donors (Lipinski definition) is 1. The zero-order valence-corrected chi connectivity index (χ0v) is 15.0. The highest BCUT2D eigenvalue weighted by atomic mass is 32.2. The maximum atomic E-state index is 12.4. The van der Waals surface area contributed by atoms with Gasteiger partial charge >= 0.3 is 0 Å². The van der Waals surface area contributed by atoms with Gasteiger partial charge in [0.05, 0.1) is 11.7 Å². The fourth-order valence-electron chi connectivity index (χ4n) is 2.70. The van der Waals surface area contributed by atoms with Crippen LogP contribution >= 0.6 is 11.8 Å². The van der Waals surface area contributed by atoms with Crippen molar-refractivity contribution in [2.75, 3.05) is 5.75 Å². The number of carbonyl (C=O) groups excluding carboxylic acids is 2. The highest BCUT2D eigenvalue weighted by molar-refractivity contribution is 8.14. The molecule has 1 aliphatic rings. The third kappa shape index (κ3) is 3.51. The van der Waals surface area contributed by atoms with Crippen LogP contribution in [0.25, 0.3) is 5.82 Å². The minimum absolute atomic E-state index is 0.0442. The fraction of sp³-hybridized carbons (Fsp3) is 0.438. The molecule has 0 aliphatic carbocycles. The van der Waals surface area contributed by atoms with Gasteiger partial charge in [-0.1, -0.05) is 11.8 Å². The summed E-state index contributed by atoms with van der Waals surface area (Å²) >= 11 is 1.21. The van der Waals surface area contributed by atoms with Gasteiger partial charge in [0, 0.05) is 17.5 Å². The van der Waals surface area contributed by atoms with Gasteiger partial charge in [-0.3, -0.25) is 14.4 Å². The summed E-state index contributed by atoms with van der Waals surface area (Å²) in [6.07, 6.45) is 0.607. The molecule has 0 radical (unpaired) electrons. The van der Waals surface area contributed by atoms with Gasteiger partial charge in [-0.2, -0.15) is 5.10 Å². The Bertz CT molecular complexity index is 888. The first-order valence-electron chi connectivity index (χ1n) is 7.97. The van der Waals surface area contributed by atoms with Gasteiger partial charge in [0.25, 0.3) is 5.56 Å². The molecule has 8 nitrogen and oxygen atoms in total. The Morgan fingerprint density at radius 1 is 1.32 bits per heavy atom. The third-order valence-corrected chi connectivity index (χ3v) is 5.04. The fourth-order valence-corrected chi connectivity index (χ4v) is 3.63. The van der Waals surface area contributed by atoms with Crippen LogP contribution in [0.1, 0.15) is 30.8 Å². The summed E-state index contributed by atoms with van der Waals surface area (Å²) in [6, 6.07) is 3.51. The van der Waals surface area contributed by atoms with Gasteiger partial charge in [0.15, 0.2) is 5.82 Å². The smallest absolute Gasteiger partial charge is 0.267 e. The van der Waals surface area contributed by atoms with E-state index in [1.165, 1.54) is 17.8 Å². The van der Waals surface area contributed by atoms with Crippen molar-refractivity contribution in [1.29, 1.82) is 0 Å². The van der Waals surface area contributed by atoms with E-state index in [0.29, 0.717) is 18.0 Å². The van der Waals surface area contributed by atoms with Crippen molar-refractivity contribution in [1.82, 2.24) is 24.9 Å². The van der Waals surface area contributed by atoms with E-state index < -0.39 is 18.0 Å². The largest absolute Gasteiger partial charge is 0.343 e. The van der Waals surface area contributed by atoms with Gasteiger partial charge in [-0.05, 0) is 39.3 Å². The minimum Gasteiger partial charge on any atom is -0.343 e. The van der Waals surface area contributed by atoms with Crippen LogP contribution < -0.4 is 10.9 Å². The zero-order chi connectivity index (χ0) is 18.1. The lowest BCUT2D eigenvalue weighted by molar-refractivity contribution is -0.127. The van der Waals surface area contributed by atoms with Crippen LogP contribution in [0, 0.1) is 13.8 Å². The minimum atomic E-state index is -0.831. The van der Waals surface area contributed by atoms with Crippen LogP contribution in [0.4, 0.5) is 0 Å². The van der Waals surface area contributed by atoms with E-state index in [-0.39, 0.29) is 10.7 Å². The molecule has 25 heavy (non-hydrogen) atoms. The quantitative estimate of drug-likeness (QED) is 0.863. The molecule has 1 aliphatic heterocycles. The second-order valence-electron chi connectivity index (χ2n) is 6.01. The molecule has 2 unspecified atom stereocenters. The maximum absolute atomic E-state index is 12.4. The van der Waals surface area contributed by atoms with E-state index in [2.05, 4.69) is 15.5 Å². The topological polar surface area (TPSA) is 98.9 Å². The molecule has 0 aromatic carbocycles. The Balaban J connectivity index is 1.87. The molecular formula is C16H19N5O3S. The van der Waals surface area contributed by atoms with Crippen molar-refractivity contribution < 1.29 is 9.59 Å². The molecule has 1 fully saturated rings. The van der Waals surface area contributed by atoms with Gasteiger partial charge in [0.2, 0.25) is 11.0 Å². The number of hydrogen-bond acceptors (Lipinski definition) is 6. The van der Waals surface area contributed by atoms with Crippen LogP contribution in [-0.2, 0) is 9.59 Å². The summed E-state index contributed by atoms with van der Waals surface area (Å²) in [5, 5.41) is 11.3. The Kier molecular flexibility index (Phi) is 4.76. The number of nitrogens with zero attached hydrogens (tertiary/aromatic N) is 4. The molecule has 0 spiro atoms. The van der Waals surface area contributed by atoms with Gasteiger partial charge < -0.3 is 5.32 Å². The summed E-state index contributed by atoms with van der Waals surface area (Å²) in [5.74, 6) is 0.752. The van der Waals surface area contributed by atoms with Crippen LogP contribution in [0.15, 0.2) is 23.0 Å². The molecule has 2 atom stereocenters. The third-order valence-electron chi connectivity index (χ3n) is 4.04. The molecule has 3 heterocycles. The van der Waals surface area contributed by atoms with Crippen molar-refractivity contribution in [2.24, 2.45) is 0 Å². The SMILES string of the molecule is Cc1cc(C)n(-c2ccc(=O)n(C(C)C(=O)NC3CCSC3=O)n2)n1. The first-order valence-corrected chi connectivity index (χ1v) is 8.96. The Morgan fingerprint density at radius 2 is 2.08 bits per heavy atom. The normalized spacial score (nSPS) is 18.4. The molecule has 0 bridgehead atoms. The molecule has 132 valence electrons. The second-order valence-corrected chi connectivity index (χ2v) is 7.11. The van der Waals surface area contributed by atoms with Crippen LogP contribution in [0.5, 0.6) is 0 Å². The molecule has 1 saturated heterocycles. The van der Waals surface area contributed by atoms with E-state index in [1.807, 2.05) is 19.9 Å². The molecule has 1 amide bonds. The predicted octanol–water partition coefficient (Wildman–Crippen LogP) is 0.755. The maximum Gasteiger partial charge on any atom is 0.267 e. The highest BCUT2D eigenvalue weighted by Gasteiger charge is 2.29. The zero-order valence-electron chi connectivity index (χ0n) is 14.2. The molecule has 0 saturated carbocycles. The van der Waals surface area contributed by atoms with Crippen LogP contribution in [-0.4, -0.2) is 42.4 Å². The van der Waals surface area contributed by atoms with Crippen molar-refractivity contribution >= 4 is 22.8 Å². The van der Waals surface area contributed by atoms with E-state index in [4.69, 9.17) is 0 Å². The average molecular weight is 361 g/mol. The lowest BCUT2D eigenvalue weighted by Gasteiger charge is -2.17. The van der Waals surface area contributed by atoms with Gasteiger partial charge in [0.1, 0.15) is 6.04 Å². The highest BCUT2D eigenvalue weighted by Crippen LogP contribution is 2.20. The second kappa shape index (κ2) is 6.83. The van der Waals surface area contributed by atoms with Gasteiger partial charge in [-0.25, -0.2) is 9.36 Å². The Labute approximate surface area is 148 Å². The lowest BCUT2D eigenvalue weighted by atomic mass is 10.2. The first kappa shape index (κ1) is 17.4. The molecule has 2 aromatic rings. The standard InChI is InChI=1S/C16H19N5O3S/c1-9-8-10(2)20(18-9)13-4-5-14(22)21(19-13)11(3)15(23)17-12-6-7-25-16(12)24/h4-5,8,11-12H,6-7H2,1-3H3,(H,17,23). The number of carbonyl (C=O) groups is 2. The molecule has 2 aromatic heterocycles. The van der Waals surface area contributed by atoms with Crippen molar-refractivity contribution in [3.8, 4) is 5.82 Å². The Hall–Kier alpha value is -2.42. The van der Waals surface area contributed by atoms with Crippen molar-refractivity contribution in [3.05, 3.63) is 39.9 Å². The average Bonchev–Trinajstić information content (AvgIpc) is 3.12. The van der Waals surface area contributed by atoms with E-state index >= 15 is 0 Å². The summed E-state index contributed by atoms with van der Waals surface area (Å²) in [7, 11) is 0. The summed E-state index contributed by atoms with van der Waals surface area (Å²) < 4.78 is 2.74. The Morgan fingerprint density at radius 3 is 2.68 bits per heavy atom. The lowest BCUT2D eigenvalue weighted by Crippen LogP contribution is -2.43. The van der Waals surface area contributed by atoms with E-state index in [9.17, 15) is 14.4 Å². The number of aryl methyl sites for hydroxylation is 2. The molecule has 1 N–H and O–H groups in total. The van der Waals surface area contributed by atoms with Crippen molar-refractivity contribution in [2.45, 2.75) is 39.3 Å². The molecule has 3 rings (SSSR count). The predicted molar refractivity (Wildman–Crippen MR) is 93.8 cm³/mol. The summed E-state index contributed by atoms with van der Waals surface area (Å²) in [5.41, 5.74) is 1.32. The number of thioether (sulfide) groups is 1. The molecular weight excluding hydrogens is 342 g/mol. The number of nitrogens with one attached hydrogen (secondary N) is 1.